The predicted octanol–water partition coefficient (Wildman–Crippen LogP) is 4.88. The van der Waals surface area contributed by atoms with E-state index in [1.54, 1.807) is 0 Å². The molecule has 0 amide bonds. The summed E-state index contributed by atoms with van der Waals surface area (Å²) in [4.78, 5) is 0. The fraction of sp³-hybridized carbons (Fsp3) is 0.538. The second-order valence-electron chi connectivity index (χ2n) is 3.92. The summed E-state index contributed by atoms with van der Waals surface area (Å²) >= 11 is 5.98. The average molecular weight is 211 g/mol. The highest BCUT2D eigenvalue weighted by molar-refractivity contribution is 6.30. The van der Waals surface area contributed by atoms with Crippen molar-refractivity contribution in [2.45, 2.75) is 39.5 Å². The molecule has 0 N–H and O–H groups in total. The van der Waals surface area contributed by atoms with E-state index in [1.807, 2.05) is 12.1 Å². The van der Waals surface area contributed by atoms with Crippen molar-refractivity contribution in [3.05, 3.63) is 34.9 Å². The Bertz CT molecular complexity index is 276. The van der Waals surface area contributed by atoms with Gasteiger partial charge in [0.15, 0.2) is 0 Å². The molecule has 0 nitrogen and oxygen atoms in total. The summed E-state index contributed by atoms with van der Waals surface area (Å²) in [7, 11) is 0. The van der Waals surface area contributed by atoms with Crippen LogP contribution >= 0.6 is 11.6 Å². The van der Waals surface area contributed by atoms with E-state index in [4.69, 9.17) is 11.6 Å². The molecule has 1 aromatic rings. The Hall–Kier alpha value is -0.490. The highest BCUT2D eigenvalue weighted by Crippen LogP contribution is 2.30. The Kier molecular flexibility index (Phi) is 4.47. The van der Waals surface area contributed by atoms with Gasteiger partial charge in [0.1, 0.15) is 0 Å². The molecule has 1 heteroatoms. The molecule has 1 aromatic carbocycles. The molecule has 0 saturated carbocycles. The van der Waals surface area contributed by atoms with Crippen LogP contribution in [0.4, 0.5) is 0 Å². The number of benzene rings is 1. The van der Waals surface area contributed by atoms with Crippen molar-refractivity contribution in [1.29, 1.82) is 0 Å². The molecule has 14 heavy (non-hydrogen) atoms. The molecule has 0 spiro atoms. The Morgan fingerprint density at radius 1 is 1.21 bits per heavy atom. The first-order chi connectivity index (χ1) is 6.69. The van der Waals surface area contributed by atoms with Crippen molar-refractivity contribution in [3.63, 3.8) is 0 Å². The van der Waals surface area contributed by atoms with Gasteiger partial charge in [-0.25, -0.2) is 0 Å². The second-order valence-corrected chi connectivity index (χ2v) is 4.36. The van der Waals surface area contributed by atoms with Gasteiger partial charge in [0.25, 0.3) is 0 Å². The zero-order valence-corrected chi connectivity index (χ0v) is 10.0. The van der Waals surface area contributed by atoms with Crippen LogP contribution in [0.25, 0.3) is 0 Å². The Labute approximate surface area is 92.3 Å². The van der Waals surface area contributed by atoms with Crippen LogP contribution in [0.15, 0.2) is 24.3 Å². The minimum atomic E-state index is 0.615. The highest BCUT2D eigenvalue weighted by Gasteiger charge is 2.15. The van der Waals surface area contributed by atoms with Crippen LogP contribution in [-0.4, -0.2) is 0 Å². The molecular formula is C13H19Cl. The summed E-state index contributed by atoms with van der Waals surface area (Å²) < 4.78 is 0. The summed E-state index contributed by atoms with van der Waals surface area (Å²) in [5.74, 6) is 1.39. The molecule has 1 unspecified atom stereocenters. The van der Waals surface area contributed by atoms with Gasteiger partial charge in [-0.2, -0.15) is 0 Å². The maximum absolute atomic E-state index is 5.98. The molecular weight excluding hydrogens is 192 g/mol. The molecule has 0 aliphatic carbocycles. The van der Waals surface area contributed by atoms with Crippen molar-refractivity contribution < 1.29 is 0 Å². The van der Waals surface area contributed by atoms with Crippen LogP contribution in [-0.2, 0) is 0 Å². The Morgan fingerprint density at radius 2 is 1.86 bits per heavy atom. The van der Waals surface area contributed by atoms with E-state index < -0.39 is 0 Å². The molecule has 0 aliphatic rings. The number of halogens is 1. The zero-order valence-electron chi connectivity index (χ0n) is 9.26. The van der Waals surface area contributed by atoms with Gasteiger partial charge < -0.3 is 0 Å². The smallest absolute Gasteiger partial charge is 0.0408 e. The van der Waals surface area contributed by atoms with Gasteiger partial charge >= 0.3 is 0 Å². The lowest BCUT2D eigenvalue weighted by atomic mass is 9.84. The highest BCUT2D eigenvalue weighted by atomic mass is 35.5. The first kappa shape index (κ1) is 11.6. The van der Waals surface area contributed by atoms with Crippen LogP contribution in [0.3, 0.4) is 0 Å². The lowest BCUT2D eigenvalue weighted by molar-refractivity contribution is 0.419. The van der Waals surface area contributed by atoms with E-state index in [0.29, 0.717) is 5.92 Å². The minimum Gasteiger partial charge on any atom is -0.0843 e. The van der Waals surface area contributed by atoms with Gasteiger partial charge in [0.2, 0.25) is 0 Å². The van der Waals surface area contributed by atoms with Crippen molar-refractivity contribution >= 4 is 11.6 Å². The lowest BCUT2D eigenvalue weighted by Gasteiger charge is -2.21. The molecule has 78 valence electrons. The third-order valence-electron chi connectivity index (χ3n) is 3.13. The quantitative estimate of drug-likeness (QED) is 0.665. The molecule has 0 aliphatic heterocycles. The van der Waals surface area contributed by atoms with Gasteiger partial charge in [-0.15, -0.1) is 0 Å². The molecule has 0 radical (unpaired) electrons. The van der Waals surface area contributed by atoms with Gasteiger partial charge in [-0.1, -0.05) is 57.3 Å². The van der Waals surface area contributed by atoms with Crippen LogP contribution in [0, 0.1) is 5.92 Å². The zero-order chi connectivity index (χ0) is 10.6. The van der Waals surface area contributed by atoms with Gasteiger partial charge in [-0.05, 0) is 29.5 Å². The first-order valence-corrected chi connectivity index (χ1v) is 5.82. The molecule has 1 rings (SSSR count). The van der Waals surface area contributed by atoms with E-state index in [2.05, 4.69) is 32.9 Å². The average Bonchev–Trinajstić information content (AvgIpc) is 2.19. The normalized spacial score (nSPS) is 13.2. The molecule has 0 aromatic heterocycles. The standard InChI is InChI=1S/C13H19Cl/c1-4-11(5-2)10(3)12-7-6-8-13(14)9-12/h6-11H,4-5H2,1-3H3. The van der Waals surface area contributed by atoms with E-state index in [1.165, 1.54) is 18.4 Å². The van der Waals surface area contributed by atoms with Crippen LogP contribution in [0.1, 0.15) is 45.1 Å². The maximum Gasteiger partial charge on any atom is 0.0408 e. The van der Waals surface area contributed by atoms with E-state index >= 15 is 0 Å². The third kappa shape index (κ3) is 2.75. The summed E-state index contributed by atoms with van der Waals surface area (Å²) in [6.45, 7) is 6.81. The predicted molar refractivity (Wildman–Crippen MR) is 63.9 cm³/mol. The van der Waals surface area contributed by atoms with Crippen molar-refractivity contribution in [2.24, 2.45) is 5.92 Å². The van der Waals surface area contributed by atoms with E-state index in [9.17, 15) is 0 Å². The van der Waals surface area contributed by atoms with Crippen LogP contribution in [0.5, 0.6) is 0 Å². The molecule has 1 atom stereocenters. The van der Waals surface area contributed by atoms with Crippen LogP contribution in [0.2, 0.25) is 5.02 Å². The third-order valence-corrected chi connectivity index (χ3v) is 3.37. The van der Waals surface area contributed by atoms with Gasteiger partial charge in [0, 0.05) is 5.02 Å². The summed E-state index contributed by atoms with van der Waals surface area (Å²) in [5.41, 5.74) is 1.37. The fourth-order valence-electron chi connectivity index (χ4n) is 2.06. The summed E-state index contributed by atoms with van der Waals surface area (Å²) in [6, 6.07) is 8.24. The summed E-state index contributed by atoms with van der Waals surface area (Å²) in [6.07, 6.45) is 2.48. The summed E-state index contributed by atoms with van der Waals surface area (Å²) in [5, 5.41) is 0.848. The Balaban J connectivity index is 2.82. The first-order valence-electron chi connectivity index (χ1n) is 5.44. The monoisotopic (exact) mass is 210 g/mol. The molecule has 0 fully saturated rings. The number of hydrogen-bond acceptors (Lipinski definition) is 0. The molecule has 0 saturated heterocycles. The van der Waals surface area contributed by atoms with Gasteiger partial charge in [0.05, 0.1) is 0 Å². The van der Waals surface area contributed by atoms with Crippen molar-refractivity contribution in [2.75, 3.05) is 0 Å². The maximum atomic E-state index is 5.98. The van der Waals surface area contributed by atoms with Gasteiger partial charge in [-0.3, -0.25) is 0 Å². The minimum absolute atomic E-state index is 0.615. The van der Waals surface area contributed by atoms with E-state index in [-0.39, 0.29) is 0 Å². The largest absolute Gasteiger partial charge is 0.0843 e. The van der Waals surface area contributed by atoms with E-state index in [0.717, 1.165) is 10.9 Å². The molecule has 0 heterocycles. The lowest BCUT2D eigenvalue weighted by Crippen LogP contribution is -2.07. The SMILES string of the molecule is CCC(CC)C(C)c1cccc(Cl)c1. The topological polar surface area (TPSA) is 0 Å². The van der Waals surface area contributed by atoms with Crippen molar-refractivity contribution in [3.8, 4) is 0 Å². The van der Waals surface area contributed by atoms with Crippen molar-refractivity contribution in [1.82, 2.24) is 0 Å². The number of rotatable bonds is 4. The fourth-order valence-corrected chi connectivity index (χ4v) is 2.26. The molecule has 0 bridgehead atoms. The van der Waals surface area contributed by atoms with Crippen LogP contribution < -0.4 is 0 Å². The second kappa shape index (κ2) is 5.41. The Morgan fingerprint density at radius 3 is 2.36 bits per heavy atom. The number of hydrogen-bond donors (Lipinski definition) is 0.